The summed E-state index contributed by atoms with van der Waals surface area (Å²) in [5.74, 6) is 0.632. The molecule has 3 heteroatoms. The van der Waals surface area contributed by atoms with Crippen LogP contribution in [0.2, 0.25) is 0 Å². The van der Waals surface area contributed by atoms with E-state index in [-0.39, 0.29) is 6.04 Å². The number of aromatic nitrogens is 1. The molecule has 1 aliphatic rings. The van der Waals surface area contributed by atoms with Crippen LogP contribution in [0.1, 0.15) is 12.0 Å². The van der Waals surface area contributed by atoms with E-state index in [2.05, 4.69) is 187 Å². The largest absolute Gasteiger partial charge is 0.435 e. The Morgan fingerprint density at radius 3 is 1.61 bits per heavy atom. The molecule has 56 heavy (non-hydrogen) atoms. The first-order valence-electron chi connectivity index (χ1n) is 19.2. The fourth-order valence-corrected chi connectivity index (χ4v) is 8.00. The first kappa shape index (κ1) is 33.3. The summed E-state index contributed by atoms with van der Waals surface area (Å²) in [4.78, 5) is 7.51. The molecule has 8 aromatic carbocycles. The third-order valence-electron chi connectivity index (χ3n) is 10.9. The summed E-state index contributed by atoms with van der Waals surface area (Å²) < 4.78 is 6.46. The Balaban J connectivity index is 0.975. The van der Waals surface area contributed by atoms with Crippen LogP contribution in [0.15, 0.2) is 217 Å². The van der Waals surface area contributed by atoms with Crippen molar-refractivity contribution in [1.82, 2.24) is 4.98 Å². The monoisotopic (exact) mass is 718 g/mol. The highest BCUT2D eigenvalue weighted by atomic mass is 16.3. The van der Waals surface area contributed by atoms with Gasteiger partial charge in [-0.05, 0) is 93.2 Å². The molecule has 0 saturated carbocycles. The van der Waals surface area contributed by atoms with Gasteiger partial charge in [-0.25, -0.2) is 4.98 Å². The number of hydrogen-bond acceptors (Lipinski definition) is 3. The Labute approximate surface area is 327 Å². The van der Waals surface area contributed by atoms with Crippen LogP contribution in [0.5, 0.6) is 0 Å². The lowest BCUT2D eigenvalue weighted by Gasteiger charge is -2.34. The van der Waals surface area contributed by atoms with Crippen molar-refractivity contribution in [3.8, 4) is 44.8 Å². The Morgan fingerprint density at radius 2 is 0.982 bits per heavy atom. The predicted octanol–water partition coefficient (Wildman–Crippen LogP) is 14.2. The van der Waals surface area contributed by atoms with Gasteiger partial charge in [-0.1, -0.05) is 170 Å². The van der Waals surface area contributed by atoms with E-state index < -0.39 is 0 Å². The number of oxazole rings is 1. The molecule has 1 unspecified atom stereocenters. The average molecular weight is 719 g/mol. The van der Waals surface area contributed by atoms with Crippen LogP contribution in [-0.2, 0) is 0 Å². The normalized spacial score (nSPS) is 13.9. The topological polar surface area (TPSA) is 29.3 Å². The average Bonchev–Trinajstić information content (AvgIpc) is 3.74. The minimum atomic E-state index is 0.153. The molecule has 1 heterocycles. The van der Waals surface area contributed by atoms with E-state index in [4.69, 9.17) is 9.40 Å². The lowest BCUT2D eigenvalue weighted by molar-refractivity contribution is 0.623. The first-order chi connectivity index (χ1) is 27.7. The highest BCUT2D eigenvalue weighted by Crippen LogP contribution is 2.40. The van der Waals surface area contributed by atoms with Crippen molar-refractivity contribution in [3.05, 3.63) is 218 Å². The molecule has 0 saturated heterocycles. The van der Waals surface area contributed by atoms with Crippen LogP contribution in [0, 0.1) is 0 Å². The van der Waals surface area contributed by atoms with Gasteiger partial charge in [-0.2, -0.15) is 0 Å². The first-order valence-corrected chi connectivity index (χ1v) is 19.2. The fraction of sp³-hybridized carbons (Fsp3) is 0.0377. The number of fused-ring (bicyclic) bond motifs is 3. The van der Waals surface area contributed by atoms with Crippen molar-refractivity contribution in [2.75, 3.05) is 4.90 Å². The number of hydrogen-bond donors (Lipinski definition) is 0. The van der Waals surface area contributed by atoms with Crippen LogP contribution >= 0.6 is 0 Å². The number of anilines is 2. The highest BCUT2D eigenvalue weighted by molar-refractivity contribution is 6.10. The van der Waals surface area contributed by atoms with E-state index in [1.54, 1.807) is 0 Å². The molecular formula is C53H38N2O. The molecule has 0 bridgehead atoms. The minimum absolute atomic E-state index is 0.153. The molecule has 1 atom stereocenters. The van der Waals surface area contributed by atoms with Gasteiger partial charge in [0.25, 0.3) is 0 Å². The molecule has 1 aromatic heterocycles. The lowest BCUT2D eigenvalue weighted by Crippen LogP contribution is -2.30. The molecule has 9 aromatic rings. The van der Waals surface area contributed by atoms with Gasteiger partial charge < -0.3 is 9.32 Å². The summed E-state index contributed by atoms with van der Waals surface area (Å²) in [5, 5.41) is 2.19. The second-order valence-corrected chi connectivity index (χ2v) is 14.3. The molecule has 0 fully saturated rings. The second kappa shape index (κ2) is 14.5. The summed E-state index contributed by atoms with van der Waals surface area (Å²) in [5.41, 5.74) is 14.5. The van der Waals surface area contributed by atoms with Gasteiger partial charge in [-0.3, -0.25) is 0 Å². The van der Waals surface area contributed by atoms with E-state index >= 15 is 0 Å². The van der Waals surface area contributed by atoms with Crippen molar-refractivity contribution >= 4 is 38.8 Å². The molecule has 3 nitrogen and oxygen atoms in total. The summed E-state index contributed by atoms with van der Waals surface area (Å²) in [6, 6.07) is 69.0. The zero-order chi connectivity index (χ0) is 37.3. The zero-order valence-electron chi connectivity index (χ0n) is 30.8. The molecule has 0 amide bonds. The third-order valence-corrected chi connectivity index (χ3v) is 10.9. The summed E-state index contributed by atoms with van der Waals surface area (Å²) in [6.07, 6.45) is 7.70. The maximum absolute atomic E-state index is 6.46. The number of rotatable bonds is 8. The Morgan fingerprint density at radius 1 is 0.482 bits per heavy atom. The van der Waals surface area contributed by atoms with Gasteiger partial charge >= 0.3 is 0 Å². The Hall–Kier alpha value is -7.23. The van der Waals surface area contributed by atoms with Crippen molar-refractivity contribution in [2.45, 2.75) is 12.5 Å². The summed E-state index contributed by atoms with van der Waals surface area (Å²) in [6.45, 7) is 0. The number of nitrogens with zero attached hydrogens (tertiary/aromatic N) is 2. The van der Waals surface area contributed by atoms with Crippen LogP contribution in [0.4, 0.5) is 11.4 Å². The minimum Gasteiger partial charge on any atom is -0.435 e. The van der Waals surface area contributed by atoms with Crippen molar-refractivity contribution in [3.63, 3.8) is 0 Å². The van der Waals surface area contributed by atoms with E-state index in [1.165, 1.54) is 27.8 Å². The number of benzene rings is 8. The lowest BCUT2D eigenvalue weighted by atomic mass is 9.92. The molecule has 0 spiro atoms. The standard InChI is InChI=1S/C53H38N2O/c1-4-13-37(14-5-1)40-27-31-46(32-28-40)55(48-21-12-20-44(35-48)38-15-6-2-7-16-38)47-33-29-41(30-34-47)39-23-25-42(26-24-39)50-36-45-19-10-11-22-49(45)52-51(50)54-53(56-52)43-17-8-3-9-18-43/h1-34,36,48H,35H2. The van der Waals surface area contributed by atoms with Crippen molar-refractivity contribution in [2.24, 2.45) is 0 Å². The van der Waals surface area contributed by atoms with E-state index in [0.29, 0.717) is 5.89 Å². The Kier molecular flexibility index (Phi) is 8.66. The zero-order valence-corrected chi connectivity index (χ0v) is 30.8. The quantitative estimate of drug-likeness (QED) is 0.157. The smallest absolute Gasteiger partial charge is 0.227 e. The van der Waals surface area contributed by atoms with Gasteiger partial charge in [0.1, 0.15) is 5.52 Å². The third kappa shape index (κ3) is 6.40. The Bertz CT molecular complexity index is 2840. The predicted molar refractivity (Wildman–Crippen MR) is 234 cm³/mol. The van der Waals surface area contributed by atoms with Gasteiger partial charge in [-0.15, -0.1) is 0 Å². The second-order valence-electron chi connectivity index (χ2n) is 14.3. The highest BCUT2D eigenvalue weighted by Gasteiger charge is 2.23. The van der Waals surface area contributed by atoms with Crippen molar-refractivity contribution in [1.29, 1.82) is 0 Å². The molecule has 0 N–H and O–H groups in total. The van der Waals surface area contributed by atoms with E-state index in [1.807, 2.05) is 30.3 Å². The molecule has 10 rings (SSSR count). The van der Waals surface area contributed by atoms with Gasteiger partial charge in [0.05, 0.1) is 6.04 Å². The molecule has 0 aliphatic heterocycles. The van der Waals surface area contributed by atoms with Gasteiger partial charge in [0.15, 0.2) is 5.58 Å². The van der Waals surface area contributed by atoms with Crippen molar-refractivity contribution < 1.29 is 4.42 Å². The maximum Gasteiger partial charge on any atom is 0.227 e. The van der Waals surface area contributed by atoms with Crippen LogP contribution in [-0.4, -0.2) is 11.0 Å². The van der Waals surface area contributed by atoms with E-state index in [9.17, 15) is 0 Å². The molecule has 266 valence electrons. The SMILES string of the molecule is C1=CC(N(c2ccc(-c3ccccc3)cc2)c2ccc(-c3ccc(-c4cc5ccccc5c5oc(-c6ccccc6)nc45)cc3)cc2)CC(c2ccccc2)=C1. The number of allylic oxidation sites excluding steroid dienone is 2. The van der Waals surface area contributed by atoms with E-state index in [0.717, 1.165) is 61.9 Å². The van der Waals surface area contributed by atoms with Crippen LogP contribution in [0.3, 0.4) is 0 Å². The maximum atomic E-state index is 6.46. The molecule has 1 aliphatic carbocycles. The summed E-state index contributed by atoms with van der Waals surface area (Å²) >= 11 is 0. The molecule has 0 radical (unpaired) electrons. The van der Waals surface area contributed by atoms with Gasteiger partial charge in [0, 0.05) is 27.9 Å². The molecular weight excluding hydrogens is 681 g/mol. The fourth-order valence-electron chi connectivity index (χ4n) is 8.00. The van der Waals surface area contributed by atoms with Gasteiger partial charge in [0.2, 0.25) is 5.89 Å². The summed E-state index contributed by atoms with van der Waals surface area (Å²) in [7, 11) is 0. The van der Waals surface area contributed by atoms with Crippen LogP contribution < -0.4 is 4.90 Å². The van der Waals surface area contributed by atoms with Crippen LogP contribution in [0.25, 0.3) is 72.3 Å².